The van der Waals surface area contributed by atoms with Crippen molar-refractivity contribution in [3.63, 3.8) is 0 Å². The standard InChI is InChI=1S/C13H18S/c1-5-6-11-7-9-12(10-8-11)13(2,3)14-4/h5,7-10H,1,6H2,2-4H3. The van der Waals surface area contributed by atoms with Crippen LogP contribution in [0.15, 0.2) is 36.9 Å². The number of hydrogen-bond donors (Lipinski definition) is 0. The molecule has 0 saturated heterocycles. The van der Waals surface area contributed by atoms with Gasteiger partial charge in [0.2, 0.25) is 0 Å². The molecule has 76 valence electrons. The van der Waals surface area contributed by atoms with Gasteiger partial charge in [-0.05, 0) is 37.7 Å². The SMILES string of the molecule is C=CCc1ccc(C(C)(C)SC)cc1. The Morgan fingerprint density at radius 3 is 2.29 bits per heavy atom. The van der Waals surface area contributed by atoms with Gasteiger partial charge >= 0.3 is 0 Å². The molecule has 1 heteroatoms. The normalized spacial score (nSPS) is 11.4. The number of thioether (sulfide) groups is 1. The zero-order valence-electron chi connectivity index (χ0n) is 9.21. The minimum Gasteiger partial charge on any atom is -0.154 e. The molecule has 14 heavy (non-hydrogen) atoms. The summed E-state index contributed by atoms with van der Waals surface area (Å²) < 4.78 is 0.215. The van der Waals surface area contributed by atoms with Crippen molar-refractivity contribution in [1.82, 2.24) is 0 Å². The third-order valence-corrected chi connectivity index (χ3v) is 3.80. The molecule has 0 amide bonds. The topological polar surface area (TPSA) is 0 Å². The van der Waals surface area contributed by atoms with Crippen molar-refractivity contribution in [2.45, 2.75) is 25.0 Å². The van der Waals surface area contributed by atoms with E-state index in [9.17, 15) is 0 Å². The molecule has 0 heterocycles. The summed E-state index contributed by atoms with van der Waals surface area (Å²) in [6.45, 7) is 8.24. The molecule has 0 unspecified atom stereocenters. The van der Waals surface area contributed by atoms with Gasteiger partial charge in [0.05, 0.1) is 0 Å². The predicted octanol–water partition coefficient (Wildman–Crippen LogP) is 4.01. The maximum atomic E-state index is 3.74. The average molecular weight is 206 g/mol. The average Bonchev–Trinajstić information content (AvgIpc) is 2.19. The molecule has 0 radical (unpaired) electrons. The lowest BCUT2D eigenvalue weighted by molar-refractivity contribution is 0.784. The summed E-state index contributed by atoms with van der Waals surface area (Å²) in [5.74, 6) is 0. The zero-order valence-corrected chi connectivity index (χ0v) is 10.0. The second-order valence-corrected chi connectivity index (χ2v) is 5.33. The highest BCUT2D eigenvalue weighted by atomic mass is 32.2. The van der Waals surface area contributed by atoms with Gasteiger partial charge in [0.1, 0.15) is 0 Å². The lowest BCUT2D eigenvalue weighted by Gasteiger charge is -2.22. The second kappa shape index (κ2) is 4.70. The van der Waals surface area contributed by atoms with Gasteiger partial charge in [0.15, 0.2) is 0 Å². The van der Waals surface area contributed by atoms with Crippen molar-refractivity contribution in [2.75, 3.05) is 6.26 Å². The van der Waals surface area contributed by atoms with Crippen molar-refractivity contribution in [2.24, 2.45) is 0 Å². The third-order valence-electron chi connectivity index (χ3n) is 2.54. The Morgan fingerprint density at radius 2 is 1.86 bits per heavy atom. The van der Waals surface area contributed by atoms with Crippen LogP contribution in [0.2, 0.25) is 0 Å². The van der Waals surface area contributed by atoms with Gasteiger partial charge in [-0.3, -0.25) is 0 Å². The maximum absolute atomic E-state index is 3.74. The molecule has 1 aromatic carbocycles. The molecular formula is C13H18S. The molecule has 0 aromatic heterocycles. The van der Waals surface area contributed by atoms with Crippen LogP contribution in [-0.2, 0) is 11.2 Å². The summed E-state index contributed by atoms with van der Waals surface area (Å²) in [6.07, 6.45) is 5.05. The van der Waals surface area contributed by atoms with Crippen LogP contribution in [0.4, 0.5) is 0 Å². The Labute approximate surface area is 91.4 Å². The Hall–Kier alpha value is -0.690. The highest BCUT2D eigenvalue weighted by Crippen LogP contribution is 2.33. The number of benzene rings is 1. The molecule has 0 aliphatic rings. The molecule has 1 rings (SSSR count). The smallest absolute Gasteiger partial charge is 0.0349 e. The molecule has 0 atom stereocenters. The van der Waals surface area contributed by atoms with E-state index >= 15 is 0 Å². The van der Waals surface area contributed by atoms with E-state index in [1.807, 2.05) is 17.8 Å². The van der Waals surface area contributed by atoms with Crippen molar-refractivity contribution >= 4 is 11.8 Å². The highest BCUT2D eigenvalue weighted by molar-refractivity contribution is 7.99. The minimum atomic E-state index is 0.215. The molecule has 1 aromatic rings. The fraction of sp³-hybridized carbons (Fsp3) is 0.385. The highest BCUT2D eigenvalue weighted by Gasteiger charge is 2.17. The van der Waals surface area contributed by atoms with Gasteiger partial charge in [0.25, 0.3) is 0 Å². The van der Waals surface area contributed by atoms with Crippen molar-refractivity contribution in [3.8, 4) is 0 Å². The number of hydrogen-bond acceptors (Lipinski definition) is 1. The number of rotatable bonds is 4. The molecule has 0 aliphatic heterocycles. The van der Waals surface area contributed by atoms with Gasteiger partial charge in [-0.2, -0.15) is 11.8 Å². The van der Waals surface area contributed by atoms with Crippen molar-refractivity contribution in [1.29, 1.82) is 0 Å². The van der Waals surface area contributed by atoms with Crippen LogP contribution in [0.25, 0.3) is 0 Å². The summed E-state index contributed by atoms with van der Waals surface area (Å²) in [5, 5.41) is 0. The van der Waals surface area contributed by atoms with Crippen molar-refractivity contribution in [3.05, 3.63) is 48.0 Å². The van der Waals surface area contributed by atoms with E-state index in [2.05, 4.69) is 50.9 Å². The van der Waals surface area contributed by atoms with Gasteiger partial charge in [-0.1, -0.05) is 30.3 Å². The first kappa shape index (κ1) is 11.4. The first-order chi connectivity index (χ1) is 6.60. The van der Waals surface area contributed by atoms with Gasteiger partial charge in [-0.25, -0.2) is 0 Å². The number of allylic oxidation sites excluding steroid dienone is 1. The van der Waals surface area contributed by atoms with Crippen LogP contribution in [0.5, 0.6) is 0 Å². The van der Waals surface area contributed by atoms with Crippen LogP contribution in [0.3, 0.4) is 0 Å². The van der Waals surface area contributed by atoms with E-state index in [0.717, 1.165) is 6.42 Å². The fourth-order valence-corrected chi connectivity index (χ4v) is 1.70. The monoisotopic (exact) mass is 206 g/mol. The Bertz CT molecular complexity index is 296. The van der Waals surface area contributed by atoms with E-state index in [4.69, 9.17) is 0 Å². The minimum absolute atomic E-state index is 0.215. The summed E-state index contributed by atoms with van der Waals surface area (Å²) >= 11 is 1.88. The van der Waals surface area contributed by atoms with Crippen molar-refractivity contribution < 1.29 is 0 Å². The fourth-order valence-electron chi connectivity index (χ4n) is 1.33. The molecule has 0 nitrogen and oxygen atoms in total. The Balaban J connectivity index is 2.87. The summed E-state index contributed by atoms with van der Waals surface area (Å²) in [5.41, 5.74) is 2.72. The van der Waals surface area contributed by atoms with Gasteiger partial charge in [-0.15, -0.1) is 6.58 Å². The van der Waals surface area contributed by atoms with E-state index in [1.54, 1.807) is 0 Å². The molecule has 0 fully saturated rings. The zero-order chi connectivity index (χ0) is 10.6. The first-order valence-electron chi connectivity index (χ1n) is 4.85. The molecule has 0 bridgehead atoms. The summed E-state index contributed by atoms with van der Waals surface area (Å²) in [6, 6.07) is 8.81. The molecule has 0 saturated carbocycles. The maximum Gasteiger partial charge on any atom is 0.0349 e. The van der Waals surface area contributed by atoms with Crippen LogP contribution in [-0.4, -0.2) is 6.26 Å². The lowest BCUT2D eigenvalue weighted by Crippen LogP contribution is -2.10. The van der Waals surface area contributed by atoms with Crippen LogP contribution in [0.1, 0.15) is 25.0 Å². The molecule has 0 aliphatic carbocycles. The molecule has 0 N–H and O–H groups in total. The van der Waals surface area contributed by atoms with Gasteiger partial charge in [0, 0.05) is 4.75 Å². The van der Waals surface area contributed by atoms with E-state index in [0.29, 0.717) is 0 Å². The van der Waals surface area contributed by atoms with Crippen LogP contribution in [0, 0.1) is 0 Å². The largest absolute Gasteiger partial charge is 0.154 e. The van der Waals surface area contributed by atoms with Crippen LogP contribution < -0.4 is 0 Å². The summed E-state index contributed by atoms with van der Waals surface area (Å²) in [7, 11) is 0. The lowest BCUT2D eigenvalue weighted by atomic mass is 10.00. The van der Waals surface area contributed by atoms with E-state index in [1.165, 1.54) is 11.1 Å². The van der Waals surface area contributed by atoms with Crippen LogP contribution >= 0.6 is 11.8 Å². The Kier molecular flexibility index (Phi) is 3.82. The van der Waals surface area contributed by atoms with Gasteiger partial charge < -0.3 is 0 Å². The first-order valence-corrected chi connectivity index (χ1v) is 6.08. The second-order valence-electron chi connectivity index (χ2n) is 3.90. The Morgan fingerprint density at radius 1 is 1.29 bits per heavy atom. The van der Waals surface area contributed by atoms with E-state index in [-0.39, 0.29) is 4.75 Å². The predicted molar refractivity (Wildman–Crippen MR) is 66.9 cm³/mol. The van der Waals surface area contributed by atoms with E-state index < -0.39 is 0 Å². The quantitative estimate of drug-likeness (QED) is 0.671. The third kappa shape index (κ3) is 2.65. The summed E-state index contributed by atoms with van der Waals surface area (Å²) in [4.78, 5) is 0. The molecular weight excluding hydrogens is 188 g/mol. The molecule has 0 spiro atoms.